The van der Waals surface area contributed by atoms with Crippen LogP contribution in [0.2, 0.25) is 5.02 Å². The summed E-state index contributed by atoms with van der Waals surface area (Å²) in [6.45, 7) is 6.01. The minimum Gasteiger partial charge on any atom is -0.384 e. The number of halogens is 1. The molecule has 0 bridgehead atoms. The molecular formula is C12H18ClN3O2. The first-order valence-corrected chi connectivity index (χ1v) is 6.27. The minimum absolute atomic E-state index is 0.190. The number of rotatable bonds is 6. The molecule has 1 heterocycles. The molecule has 5 nitrogen and oxygen atoms in total. The fourth-order valence-corrected chi connectivity index (χ4v) is 1.67. The first kappa shape index (κ1) is 14.7. The summed E-state index contributed by atoms with van der Waals surface area (Å²) < 4.78 is 5.23. The van der Waals surface area contributed by atoms with E-state index >= 15 is 0 Å². The van der Waals surface area contributed by atoms with Crippen LogP contribution in [0.25, 0.3) is 0 Å². The van der Waals surface area contributed by atoms with Crippen molar-refractivity contribution in [2.45, 2.75) is 13.8 Å². The van der Waals surface area contributed by atoms with Gasteiger partial charge in [0.25, 0.3) is 5.91 Å². The number of amides is 1. The van der Waals surface area contributed by atoms with Gasteiger partial charge >= 0.3 is 0 Å². The molecule has 0 spiro atoms. The predicted molar refractivity (Wildman–Crippen MR) is 71.7 cm³/mol. The maximum atomic E-state index is 12.2. The number of hydrogen-bond acceptors (Lipinski definition) is 4. The topological polar surface area (TPSA) is 68.5 Å². The lowest BCUT2D eigenvalue weighted by molar-refractivity contribution is 0.0664. The van der Waals surface area contributed by atoms with E-state index in [0.717, 1.165) is 0 Å². The van der Waals surface area contributed by atoms with Gasteiger partial charge in [-0.1, -0.05) is 11.6 Å². The lowest BCUT2D eigenvalue weighted by Gasteiger charge is -2.20. The molecular weight excluding hydrogens is 254 g/mol. The van der Waals surface area contributed by atoms with E-state index in [1.807, 2.05) is 13.8 Å². The van der Waals surface area contributed by atoms with Crippen molar-refractivity contribution in [2.24, 2.45) is 0 Å². The molecule has 0 aliphatic rings. The van der Waals surface area contributed by atoms with Crippen LogP contribution in [-0.2, 0) is 4.74 Å². The van der Waals surface area contributed by atoms with Crippen LogP contribution in [0.15, 0.2) is 12.1 Å². The monoisotopic (exact) mass is 271 g/mol. The summed E-state index contributed by atoms with van der Waals surface area (Å²) in [6.07, 6.45) is 0. The average molecular weight is 272 g/mol. The molecule has 18 heavy (non-hydrogen) atoms. The van der Waals surface area contributed by atoms with Gasteiger partial charge in [0.1, 0.15) is 11.5 Å². The van der Waals surface area contributed by atoms with Gasteiger partial charge in [0.15, 0.2) is 0 Å². The summed E-state index contributed by atoms with van der Waals surface area (Å²) >= 11 is 5.96. The van der Waals surface area contributed by atoms with E-state index in [1.165, 1.54) is 0 Å². The van der Waals surface area contributed by atoms with Crippen molar-refractivity contribution in [3.8, 4) is 0 Å². The standard InChI is InChI=1S/C12H18ClN3O2/c1-3-16(7-8-18-4-2)12(17)11-9(13)5-6-10(14)15-11/h5-6H,3-4,7-8H2,1-2H3,(H2,14,15). The summed E-state index contributed by atoms with van der Waals surface area (Å²) in [4.78, 5) is 17.8. The molecule has 1 rings (SSSR count). The molecule has 0 unspecified atom stereocenters. The molecule has 0 saturated heterocycles. The van der Waals surface area contributed by atoms with Crippen LogP contribution in [0.1, 0.15) is 24.3 Å². The van der Waals surface area contributed by atoms with Gasteiger partial charge in [-0.15, -0.1) is 0 Å². The van der Waals surface area contributed by atoms with Gasteiger partial charge in [0.05, 0.1) is 11.6 Å². The molecule has 0 fully saturated rings. The highest BCUT2D eigenvalue weighted by Crippen LogP contribution is 2.17. The van der Waals surface area contributed by atoms with Crippen LogP contribution in [0.5, 0.6) is 0 Å². The molecule has 2 N–H and O–H groups in total. The Morgan fingerprint density at radius 1 is 1.50 bits per heavy atom. The van der Waals surface area contributed by atoms with E-state index in [2.05, 4.69) is 4.98 Å². The first-order chi connectivity index (χ1) is 8.60. The molecule has 1 aromatic heterocycles. The van der Waals surface area contributed by atoms with Crippen LogP contribution in [-0.4, -0.2) is 42.1 Å². The second-order valence-corrected chi connectivity index (χ2v) is 4.06. The number of nitrogen functional groups attached to an aromatic ring is 1. The zero-order valence-electron chi connectivity index (χ0n) is 10.6. The number of hydrogen-bond donors (Lipinski definition) is 1. The van der Waals surface area contributed by atoms with Crippen molar-refractivity contribution in [1.29, 1.82) is 0 Å². The van der Waals surface area contributed by atoms with E-state index in [-0.39, 0.29) is 17.4 Å². The first-order valence-electron chi connectivity index (χ1n) is 5.89. The highest BCUT2D eigenvalue weighted by atomic mass is 35.5. The highest BCUT2D eigenvalue weighted by molar-refractivity contribution is 6.33. The second kappa shape index (κ2) is 7.18. The number of likely N-dealkylation sites (N-methyl/N-ethyl adjacent to an activating group) is 1. The number of pyridine rings is 1. The van der Waals surface area contributed by atoms with Crippen LogP contribution in [0.3, 0.4) is 0 Å². The van der Waals surface area contributed by atoms with Crippen molar-refractivity contribution in [1.82, 2.24) is 9.88 Å². The Bertz CT molecular complexity index is 412. The molecule has 6 heteroatoms. The van der Waals surface area contributed by atoms with Gasteiger partial charge in [0, 0.05) is 19.7 Å². The Morgan fingerprint density at radius 2 is 2.22 bits per heavy atom. The van der Waals surface area contributed by atoms with Crippen molar-refractivity contribution < 1.29 is 9.53 Å². The number of carbonyl (C=O) groups is 1. The molecule has 100 valence electrons. The molecule has 0 saturated carbocycles. The van der Waals surface area contributed by atoms with Crippen LogP contribution < -0.4 is 5.73 Å². The molecule has 1 aromatic rings. The van der Waals surface area contributed by atoms with Gasteiger partial charge < -0.3 is 15.4 Å². The Hall–Kier alpha value is -1.33. The Morgan fingerprint density at radius 3 is 2.83 bits per heavy atom. The summed E-state index contributed by atoms with van der Waals surface area (Å²) in [7, 11) is 0. The van der Waals surface area contributed by atoms with Crippen molar-refractivity contribution in [3.63, 3.8) is 0 Å². The maximum Gasteiger partial charge on any atom is 0.274 e. The molecule has 0 aliphatic carbocycles. The molecule has 0 radical (unpaired) electrons. The summed E-state index contributed by atoms with van der Waals surface area (Å²) in [5.74, 6) is 0.0538. The largest absolute Gasteiger partial charge is 0.384 e. The quantitative estimate of drug-likeness (QED) is 0.802. The van der Waals surface area contributed by atoms with Crippen molar-refractivity contribution in [2.75, 3.05) is 32.0 Å². The lowest BCUT2D eigenvalue weighted by Crippen LogP contribution is -2.34. The van der Waals surface area contributed by atoms with E-state index < -0.39 is 0 Å². The summed E-state index contributed by atoms with van der Waals surface area (Å²) in [5.41, 5.74) is 5.75. The van der Waals surface area contributed by atoms with Gasteiger partial charge in [0.2, 0.25) is 0 Å². The van der Waals surface area contributed by atoms with E-state index in [0.29, 0.717) is 31.3 Å². The SMILES string of the molecule is CCOCCN(CC)C(=O)c1nc(N)ccc1Cl. The Balaban J connectivity index is 2.79. The van der Waals surface area contributed by atoms with Crippen LogP contribution in [0, 0.1) is 0 Å². The third kappa shape index (κ3) is 3.85. The number of carbonyl (C=O) groups excluding carboxylic acids is 1. The number of nitrogens with two attached hydrogens (primary N) is 1. The number of ether oxygens (including phenoxy) is 1. The van der Waals surface area contributed by atoms with Gasteiger partial charge in [-0.25, -0.2) is 4.98 Å². The third-order valence-electron chi connectivity index (χ3n) is 2.45. The van der Waals surface area contributed by atoms with Crippen LogP contribution in [0.4, 0.5) is 5.82 Å². The van der Waals surface area contributed by atoms with E-state index in [4.69, 9.17) is 22.1 Å². The average Bonchev–Trinajstić information content (AvgIpc) is 2.37. The fourth-order valence-electron chi connectivity index (χ4n) is 1.48. The Kier molecular flexibility index (Phi) is 5.88. The minimum atomic E-state index is -0.227. The van der Waals surface area contributed by atoms with Gasteiger partial charge in [-0.2, -0.15) is 0 Å². The van der Waals surface area contributed by atoms with Crippen LogP contribution >= 0.6 is 11.6 Å². The smallest absolute Gasteiger partial charge is 0.274 e. The lowest BCUT2D eigenvalue weighted by atomic mass is 10.3. The summed E-state index contributed by atoms with van der Waals surface area (Å²) in [5, 5.41) is 0.309. The van der Waals surface area contributed by atoms with E-state index in [9.17, 15) is 4.79 Å². The normalized spacial score (nSPS) is 10.4. The van der Waals surface area contributed by atoms with Crippen molar-refractivity contribution in [3.05, 3.63) is 22.8 Å². The molecule has 0 atom stereocenters. The Labute approximate surface area is 112 Å². The highest BCUT2D eigenvalue weighted by Gasteiger charge is 2.18. The zero-order valence-corrected chi connectivity index (χ0v) is 11.4. The fraction of sp³-hybridized carbons (Fsp3) is 0.500. The van der Waals surface area contributed by atoms with E-state index in [1.54, 1.807) is 17.0 Å². The van der Waals surface area contributed by atoms with Crippen molar-refractivity contribution >= 4 is 23.3 Å². The molecule has 1 amide bonds. The third-order valence-corrected chi connectivity index (χ3v) is 2.75. The predicted octanol–water partition coefficient (Wildman–Crippen LogP) is 1.82. The zero-order chi connectivity index (χ0) is 13.5. The molecule has 0 aromatic carbocycles. The van der Waals surface area contributed by atoms with Gasteiger partial charge in [-0.05, 0) is 26.0 Å². The number of anilines is 1. The second-order valence-electron chi connectivity index (χ2n) is 3.65. The maximum absolute atomic E-state index is 12.2. The molecule has 0 aliphatic heterocycles. The van der Waals surface area contributed by atoms with Gasteiger partial charge in [-0.3, -0.25) is 4.79 Å². The number of nitrogens with zero attached hydrogens (tertiary/aromatic N) is 2. The summed E-state index contributed by atoms with van der Waals surface area (Å²) in [6, 6.07) is 3.14. The number of aromatic nitrogens is 1.